The number of hydrogen-bond acceptors (Lipinski definition) is 4. The number of pyridine rings is 1. The van der Waals surface area contributed by atoms with Gasteiger partial charge in [0.1, 0.15) is 0 Å². The summed E-state index contributed by atoms with van der Waals surface area (Å²) in [6.07, 6.45) is 1.67. The lowest BCUT2D eigenvalue weighted by Gasteiger charge is -2.07. The first kappa shape index (κ1) is 13.2. The molecule has 0 fully saturated rings. The molecule has 0 saturated heterocycles. The molecule has 1 aliphatic rings. The maximum Gasteiger partial charge on any atom is 0.330 e. The molecule has 0 N–H and O–H groups in total. The van der Waals surface area contributed by atoms with Gasteiger partial charge in [-0.2, -0.15) is 0 Å². The quantitative estimate of drug-likeness (QED) is 0.727. The van der Waals surface area contributed by atoms with Crippen LogP contribution >= 0.6 is 11.6 Å². The number of benzene rings is 1. The van der Waals surface area contributed by atoms with Crippen LogP contribution in [0.2, 0.25) is 5.02 Å². The average molecular weight is 318 g/mol. The zero-order chi connectivity index (χ0) is 15.3. The third-order valence-electron chi connectivity index (χ3n) is 3.76. The zero-order valence-electron chi connectivity index (χ0n) is 11.7. The van der Waals surface area contributed by atoms with Crippen LogP contribution < -0.4 is 15.2 Å². The summed E-state index contributed by atoms with van der Waals surface area (Å²) in [5.41, 5.74) is 2.07. The average Bonchev–Trinajstić information content (AvgIpc) is 3.06. The Bertz CT molecular complexity index is 945. The van der Waals surface area contributed by atoms with E-state index in [-0.39, 0.29) is 12.5 Å². The van der Waals surface area contributed by atoms with Gasteiger partial charge < -0.3 is 9.47 Å². The van der Waals surface area contributed by atoms with Crippen LogP contribution in [0.25, 0.3) is 11.2 Å². The van der Waals surface area contributed by atoms with Crippen LogP contribution in [-0.2, 0) is 13.6 Å². The molecule has 0 bridgehead atoms. The SMILES string of the molecule is Cn1c(=O)n(Cc2cc3c(cc2Cl)OCO3)c2cccnc21. The summed E-state index contributed by atoms with van der Waals surface area (Å²) in [4.78, 5) is 16.7. The van der Waals surface area contributed by atoms with Crippen molar-refractivity contribution in [2.45, 2.75) is 6.54 Å². The molecule has 0 spiro atoms. The summed E-state index contributed by atoms with van der Waals surface area (Å²) in [5.74, 6) is 1.27. The molecule has 22 heavy (non-hydrogen) atoms. The summed E-state index contributed by atoms with van der Waals surface area (Å²) < 4.78 is 13.8. The third-order valence-corrected chi connectivity index (χ3v) is 4.11. The van der Waals surface area contributed by atoms with Crippen molar-refractivity contribution in [2.24, 2.45) is 7.05 Å². The van der Waals surface area contributed by atoms with E-state index in [2.05, 4.69) is 4.98 Å². The van der Waals surface area contributed by atoms with Gasteiger partial charge in [0.15, 0.2) is 17.1 Å². The first-order valence-corrected chi connectivity index (χ1v) is 7.11. The lowest BCUT2D eigenvalue weighted by Crippen LogP contribution is -2.22. The minimum absolute atomic E-state index is 0.137. The Labute approximate surface area is 130 Å². The molecule has 0 radical (unpaired) electrons. The normalized spacial score (nSPS) is 13.0. The van der Waals surface area contributed by atoms with E-state index in [1.165, 1.54) is 4.57 Å². The van der Waals surface area contributed by atoms with E-state index in [1.807, 2.05) is 12.1 Å². The zero-order valence-corrected chi connectivity index (χ0v) is 12.5. The Balaban J connectivity index is 1.85. The molecular formula is C15H12ClN3O3. The molecule has 0 amide bonds. The van der Waals surface area contributed by atoms with Gasteiger partial charge in [-0.15, -0.1) is 0 Å². The number of rotatable bonds is 2. The van der Waals surface area contributed by atoms with Crippen molar-refractivity contribution in [3.05, 3.63) is 51.5 Å². The fraction of sp³-hybridized carbons (Fsp3) is 0.200. The van der Waals surface area contributed by atoms with Crippen LogP contribution in [0.3, 0.4) is 0 Å². The van der Waals surface area contributed by atoms with Crippen molar-refractivity contribution in [3.8, 4) is 11.5 Å². The third kappa shape index (κ3) is 1.88. The number of aromatic nitrogens is 3. The van der Waals surface area contributed by atoms with E-state index in [4.69, 9.17) is 21.1 Å². The van der Waals surface area contributed by atoms with Gasteiger partial charge in [-0.3, -0.25) is 9.13 Å². The predicted octanol–water partition coefficient (Wildman–Crippen LogP) is 2.17. The van der Waals surface area contributed by atoms with E-state index in [9.17, 15) is 4.79 Å². The van der Waals surface area contributed by atoms with Gasteiger partial charge in [0, 0.05) is 24.3 Å². The maximum atomic E-state index is 12.4. The molecule has 0 aliphatic carbocycles. The summed E-state index contributed by atoms with van der Waals surface area (Å²) in [6, 6.07) is 7.20. The Morgan fingerprint density at radius 2 is 2.09 bits per heavy atom. The minimum atomic E-state index is -0.137. The van der Waals surface area contributed by atoms with E-state index in [0.717, 1.165) is 11.1 Å². The van der Waals surface area contributed by atoms with Gasteiger partial charge >= 0.3 is 5.69 Å². The number of aryl methyl sites for hydroxylation is 1. The van der Waals surface area contributed by atoms with E-state index in [1.54, 1.807) is 29.9 Å². The van der Waals surface area contributed by atoms with Crippen LogP contribution in [0, 0.1) is 0 Å². The summed E-state index contributed by atoms with van der Waals surface area (Å²) >= 11 is 6.29. The smallest absolute Gasteiger partial charge is 0.330 e. The van der Waals surface area contributed by atoms with Gasteiger partial charge in [-0.05, 0) is 23.8 Å². The largest absolute Gasteiger partial charge is 0.454 e. The second-order valence-corrected chi connectivity index (χ2v) is 5.48. The van der Waals surface area contributed by atoms with Crippen LogP contribution in [0.4, 0.5) is 0 Å². The molecule has 1 aromatic carbocycles. The van der Waals surface area contributed by atoms with Gasteiger partial charge in [-0.25, -0.2) is 9.78 Å². The maximum absolute atomic E-state index is 12.4. The molecular weight excluding hydrogens is 306 g/mol. The molecule has 112 valence electrons. The number of nitrogens with zero attached hydrogens (tertiary/aromatic N) is 3. The van der Waals surface area contributed by atoms with Crippen LogP contribution in [-0.4, -0.2) is 20.9 Å². The molecule has 2 aromatic heterocycles. The Kier molecular flexibility index (Phi) is 2.87. The van der Waals surface area contributed by atoms with Crippen molar-refractivity contribution < 1.29 is 9.47 Å². The van der Waals surface area contributed by atoms with Crippen molar-refractivity contribution >= 4 is 22.8 Å². The molecule has 6 nitrogen and oxygen atoms in total. The van der Waals surface area contributed by atoms with E-state index < -0.39 is 0 Å². The highest BCUT2D eigenvalue weighted by Gasteiger charge is 2.18. The predicted molar refractivity (Wildman–Crippen MR) is 81.7 cm³/mol. The van der Waals surface area contributed by atoms with Gasteiger partial charge in [0.05, 0.1) is 12.1 Å². The van der Waals surface area contributed by atoms with Crippen LogP contribution in [0.15, 0.2) is 35.3 Å². The highest BCUT2D eigenvalue weighted by atomic mass is 35.5. The lowest BCUT2D eigenvalue weighted by molar-refractivity contribution is 0.174. The van der Waals surface area contributed by atoms with Crippen molar-refractivity contribution in [3.63, 3.8) is 0 Å². The van der Waals surface area contributed by atoms with Crippen molar-refractivity contribution in [2.75, 3.05) is 6.79 Å². The molecule has 0 atom stereocenters. The fourth-order valence-electron chi connectivity index (χ4n) is 2.64. The number of ether oxygens (including phenoxy) is 2. The standard InChI is InChI=1S/C15H12ClN3O3/c1-18-14-11(3-2-4-17-14)19(15(18)20)7-9-5-12-13(6-10(9)16)22-8-21-12/h2-6H,7-8H2,1H3. The second-order valence-electron chi connectivity index (χ2n) is 5.07. The molecule has 4 rings (SSSR count). The summed E-state index contributed by atoms with van der Waals surface area (Å²) in [7, 11) is 1.70. The molecule has 3 aromatic rings. The monoisotopic (exact) mass is 317 g/mol. The Morgan fingerprint density at radius 1 is 1.32 bits per heavy atom. The van der Waals surface area contributed by atoms with Gasteiger partial charge in [0.25, 0.3) is 0 Å². The summed E-state index contributed by atoms with van der Waals surface area (Å²) in [6.45, 7) is 0.532. The number of fused-ring (bicyclic) bond motifs is 2. The second kappa shape index (κ2) is 4.78. The van der Waals surface area contributed by atoms with E-state index in [0.29, 0.717) is 28.7 Å². The number of hydrogen-bond donors (Lipinski definition) is 0. The summed E-state index contributed by atoms with van der Waals surface area (Å²) in [5, 5.41) is 0.539. The van der Waals surface area contributed by atoms with Gasteiger partial charge in [-0.1, -0.05) is 11.6 Å². The van der Waals surface area contributed by atoms with Crippen molar-refractivity contribution in [1.29, 1.82) is 0 Å². The fourth-order valence-corrected chi connectivity index (χ4v) is 2.85. The first-order chi connectivity index (χ1) is 10.6. The van der Waals surface area contributed by atoms with Crippen molar-refractivity contribution in [1.82, 2.24) is 14.1 Å². The number of halogens is 1. The van der Waals surface area contributed by atoms with Crippen LogP contribution in [0.5, 0.6) is 11.5 Å². The lowest BCUT2D eigenvalue weighted by atomic mass is 10.2. The Hall–Kier alpha value is -2.47. The molecule has 3 heterocycles. The Morgan fingerprint density at radius 3 is 2.91 bits per heavy atom. The highest BCUT2D eigenvalue weighted by Crippen LogP contribution is 2.37. The topological polar surface area (TPSA) is 58.3 Å². The van der Waals surface area contributed by atoms with Gasteiger partial charge in [0.2, 0.25) is 6.79 Å². The molecule has 0 unspecified atom stereocenters. The minimum Gasteiger partial charge on any atom is -0.454 e. The highest BCUT2D eigenvalue weighted by molar-refractivity contribution is 6.31. The molecule has 0 saturated carbocycles. The van der Waals surface area contributed by atoms with Crippen LogP contribution in [0.1, 0.15) is 5.56 Å². The first-order valence-electron chi connectivity index (χ1n) is 6.73. The number of imidazole rings is 1. The molecule has 7 heteroatoms. The van der Waals surface area contributed by atoms with E-state index >= 15 is 0 Å². The molecule has 1 aliphatic heterocycles.